The summed E-state index contributed by atoms with van der Waals surface area (Å²) in [6.45, 7) is 4.03. The van der Waals surface area contributed by atoms with Crippen LogP contribution in [0.2, 0.25) is 0 Å². The number of benzene rings is 1. The summed E-state index contributed by atoms with van der Waals surface area (Å²) in [7, 11) is 1.66. The van der Waals surface area contributed by atoms with Crippen molar-refractivity contribution in [3.8, 4) is 0 Å². The Labute approximate surface area is 156 Å². The van der Waals surface area contributed by atoms with Crippen molar-refractivity contribution in [2.75, 3.05) is 25.0 Å². The summed E-state index contributed by atoms with van der Waals surface area (Å²) in [6.07, 6.45) is 5.64. The third-order valence-electron chi connectivity index (χ3n) is 5.89. The molecule has 2 fully saturated rings. The maximum Gasteiger partial charge on any atom is 0.224 e. The molecule has 0 spiro atoms. The molecule has 26 heavy (non-hydrogen) atoms. The average Bonchev–Trinajstić information content (AvgIpc) is 2.68. The van der Waals surface area contributed by atoms with Gasteiger partial charge >= 0.3 is 0 Å². The average molecular weight is 357 g/mol. The van der Waals surface area contributed by atoms with Gasteiger partial charge in [-0.15, -0.1) is 0 Å². The number of piperidine rings is 1. The predicted molar refractivity (Wildman–Crippen MR) is 104 cm³/mol. The van der Waals surface area contributed by atoms with Gasteiger partial charge in [0.05, 0.1) is 0 Å². The zero-order valence-corrected chi connectivity index (χ0v) is 16.0. The first-order chi connectivity index (χ1) is 12.6. The number of hydrogen-bond acceptors (Lipinski definition) is 3. The van der Waals surface area contributed by atoms with E-state index in [1.165, 1.54) is 11.3 Å². The second-order valence-electron chi connectivity index (χ2n) is 7.72. The molecular weight excluding hydrogens is 326 g/mol. The zero-order valence-electron chi connectivity index (χ0n) is 16.0. The van der Waals surface area contributed by atoms with Crippen LogP contribution in [0.15, 0.2) is 24.3 Å². The van der Waals surface area contributed by atoms with Gasteiger partial charge in [-0.2, -0.15) is 0 Å². The van der Waals surface area contributed by atoms with Crippen molar-refractivity contribution in [3.05, 3.63) is 29.8 Å². The molecule has 142 valence electrons. The van der Waals surface area contributed by atoms with Crippen LogP contribution in [0.25, 0.3) is 0 Å². The molecule has 0 radical (unpaired) electrons. The van der Waals surface area contributed by atoms with E-state index in [4.69, 9.17) is 0 Å². The molecular formula is C21H31N3O2. The van der Waals surface area contributed by atoms with Crippen LogP contribution in [0, 0.1) is 18.8 Å². The van der Waals surface area contributed by atoms with E-state index in [9.17, 15) is 9.59 Å². The van der Waals surface area contributed by atoms with E-state index in [1.54, 1.807) is 7.05 Å². The number of nitrogens with zero attached hydrogens (tertiary/aromatic N) is 1. The summed E-state index contributed by atoms with van der Waals surface area (Å²) in [5.74, 6) is -0.244. The van der Waals surface area contributed by atoms with Crippen LogP contribution in [0.1, 0.15) is 44.1 Å². The molecule has 2 amide bonds. The summed E-state index contributed by atoms with van der Waals surface area (Å²) in [5.41, 5.74) is 2.54. The molecule has 2 atom stereocenters. The topological polar surface area (TPSA) is 61.4 Å². The Morgan fingerprint density at radius 3 is 2.27 bits per heavy atom. The number of anilines is 1. The van der Waals surface area contributed by atoms with Crippen LogP contribution >= 0.6 is 0 Å². The van der Waals surface area contributed by atoms with Crippen LogP contribution in [-0.4, -0.2) is 38.0 Å². The lowest BCUT2D eigenvalue weighted by molar-refractivity contribution is -0.136. The van der Waals surface area contributed by atoms with Crippen molar-refractivity contribution in [2.24, 2.45) is 11.8 Å². The van der Waals surface area contributed by atoms with Gasteiger partial charge in [0.1, 0.15) is 0 Å². The lowest BCUT2D eigenvalue weighted by Crippen LogP contribution is -2.49. The fourth-order valence-electron chi connectivity index (χ4n) is 4.36. The highest BCUT2D eigenvalue weighted by Crippen LogP contribution is 2.31. The third kappa shape index (κ3) is 4.37. The Hall–Kier alpha value is -2.04. The van der Waals surface area contributed by atoms with Gasteiger partial charge in [-0.3, -0.25) is 9.59 Å². The summed E-state index contributed by atoms with van der Waals surface area (Å²) in [6, 6.07) is 8.80. The summed E-state index contributed by atoms with van der Waals surface area (Å²) < 4.78 is 0. The molecule has 0 unspecified atom stereocenters. The Morgan fingerprint density at radius 2 is 1.65 bits per heavy atom. The molecule has 5 heteroatoms. The number of carbonyl (C=O) groups excluding carboxylic acids is 2. The number of carbonyl (C=O) groups is 2. The van der Waals surface area contributed by atoms with Gasteiger partial charge in [-0.25, -0.2) is 0 Å². The minimum atomic E-state index is -0.168. The summed E-state index contributed by atoms with van der Waals surface area (Å²) >= 11 is 0. The van der Waals surface area contributed by atoms with Crippen molar-refractivity contribution >= 4 is 17.5 Å². The molecule has 0 bridgehead atoms. The summed E-state index contributed by atoms with van der Waals surface area (Å²) in [5, 5.41) is 5.96. The minimum absolute atomic E-state index is 0.0131. The van der Waals surface area contributed by atoms with Crippen molar-refractivity contribution < 1.29 is 9.59 Å². The smallest absolute Gasteiger partial charge is 0.224 e. The normalized spacial score (nSPS) is 24.2. The van der Waals surface area contributed by atoms with E-state index in [2.05, 4.69) is 46.7 Å². The van der Waals surface area contributed by atoms with E-state index in [-0.39, 0.29) is 29.7 Å². The maximum absolute atomic E-state index is 12.8. The van der Waals surface area contributed by atoms with Gasteiger partial charge in [0, 0.05) is 43.7 Å². The monoisotopic (exact) mass is 357 g/mol. The number of amides is 2. The van der Waals surface area contributed by atoms with Crippen molar-refractivity contribution in [1.82, 2.24) is 10.6 Å². The van der Waals surface area contributed by atoms with Crippen LogP contribution in [0.4, 0.5) is 5.69 Å². The molecule has 1 aromatic rings. The molecule has 1 aliphatic carbocycles. The van der Waals surface area contributed by atoms with Crippen LogP contribution in [-0.2, 0) is 9.59 Å². The molecule has 2 aliphatic rings. The number of nitrogens with one attached hydrogen (secondary N) is 2. The molecule has 1 saturated carbocycles. The second-order valence-corrected chi connectivity index (χ2v) is 7.72. The highest BCUT2D eigenvalue weighted by molar-refractivity contribution is 5.87. The predicted octanol–water partition coefficient (Wildman–Crippen LogP) is 2.63. The molecule has 1 heterocycles. The Bertz CT molecular complexity index is 638. The minimum Gasteiger partial charge on any atom is -0.371 e. The van der Waals surface area contributed by atoms with Gasteiger partial charge in [0.2, 0.25) is 11.8 Å². The van der Waals surface area contributed by atoms with Crippen LogP contribution in [0.5, 0.6) is 0 Å². The van der Waals surface area contributed by atoms with E-state index in [0.717, 1.165) is 51.6 Å². The van der Waals surface area contributed by atoms with E-state index >= 15 is 0 Å². The highest BCUT2D eigenvalue weighted by atomic mass is 16.2. The Morgan fingerprint density at radius 1 is 1.00 bits per heavy atom. The standard InChI is InChI=1S/C21H31N3O2/c1-15-6-5-7-17(14-15)24-12-10-16(11-13-24)23-21(26)19-9-4-3-8-18(19)20(25)22-2/h5-7,14,16,18-19H,3-4,8-13H2,1-2H3,(H,22,25)(H,23,26)/t18-,19+/m0/s1. The number of rotatable bonds is 4. The summed E-state index contributed by atoms with van der Waals surface area (Å²) in [4.78, 5) is 27.3. The van der Waals surface area contributed by atoms with E-state index in [0.29, 0.717) is 0 Å². The lowest BCUT2D eigenvalue weighted by Gasteiger charge is -2.36. The molecule has 1 aromatic carbocycles. The van der Waals surface area contributed by atoms with Crippen molar-refractivity contribution in [1.29, 1.82) is 0 Å². The fourth-order valence-corrected chi connectivity index (χ4v) is 4.36. The van der Waals surface area contributed by atoms with Gasteiger partial charge in [-0.1, -0.05) is 25.0 Å². The first kappa shape index (κ1) is 18.7. The molecule has 1 saturated heterocycles. The third-order valence-corrected chi connectivity index (χ3v) is 5.89. The van der Waals surface area contributed by atoms with Crippen LogP contribution < -0.4 is 15.5 Å². The van der Waals surface area contributed by atoms with Gasteiger partial charge < -0.3 is 15.5 Å². The van der Waals surface area contributed by atoms with Gasteiger partial charge in [0.15, 0.2) is 0 Å². The lowest BCUT2D eigenvalue weighted by atomic mass is 9.78. The van der Waals surface area contributed by atoms with Gasteiger partial charge in [0.25, 0.3) is 0 Å². The number of aryl methyl sites for hydroxylation is 1. The fraction of sp³-hybridized carbons (Fsp3) is 0.619. The highest BCUT2D eigenvalue weighted by Gasteiger charge is 2.36. The zero-order chi connectivity index (χ0) is 18.5. The maximum atomic E-state index is 12.8. The van der Waals surface area contributed by atoms with Crippen molar-refractivity contribution in [3.63, 3.8) is 0 Å². The van der Waals surface area contributed by atoms with E-state index < -0.39 is 0 Å². The molecule has 2 N–H and O–H groups in total. The molecule has 1 aliphatic heterocycles. The first-order valence-corrected chi connectivity index (χ1v) is 9.92. The SMILES string of the molecule is CNC(=O)[C@H]1CCCC[C@H]1C(=O)NC1CCN(c2cccc(C)c2)CC1. The van der Waals surface area contributed by atoms with Crippen molar-refractivity contribution in [2.45, 2.75) is 51.5 Å². The van der Waals surface area contributed by atoms with E-state index in [1.807, 2.05) is 0 Å². The number of hydrogen-bond donors (Lipinski definition) is 2. The Balaban J connectivity index is 1.53. The first-order valence-electron chi connectivity index (χ1n) is 9.92. The van der Waals surface area contributed by atoms with Gasteiger partial charge in [-0.05, 0) is 50.3 Å². The second kappa shape index (κ2) is 8.56. The Kier molecular flexibility index (Phi) is 6.17. The largest absolute Gasteiger partial charge is 0.371 e. The quantitative estimate of drug-likeness (QED) is 0.871. The van der Waals surface area contributed by atoms with Crippen LogP contribution in [0.3, 0.4) is 0 Å². The molecule has 0 aromatic heterocycles. The molecule has 3 rings (SSSR count). The molecule has 5 nitrogen and oxygen atoms in total.